The molecule has 6 rings (SSSR count). The molecule has 6 nitrogen and oxygen atoms in total. The summed E-state index contributed by atoms with van der Waals surface area (Å²) in [6.07, 6.45) is 0.143. The lowest BCUT2D eigenvalue weighted by molar-refractivity contribution is -0.345. The predicted octanol–water partition coefficient (Wildman–Crippen LogP) is 5.77. The maximum absolute atomic E-state index is 11.3. The second kappa shape index (κ2) is 12.8. The molecular weight excluding hydrogens is 568 g/mol. The first-order valence-electron chi connectivity index (χ1n) is 16.2. The van der Waals surface area contributed by atoms with E-state index in [9.17, 15) is 5.11 Å². The number of benzene rings is 3. The second-order valence-corrected chi connectivity index (χ2v) is 18.5. The molecule has 1 N–H and O–H groups in total. The highest BCUT2D eigenvalue weighted by molar-refractivity contribution is 6.99. The van der Waals surface area contributed by atoms with Crippen LogP contribution in [0.3, 0.4) is 0 Å². The zero-order valence-electron chi connectivity index (χ0n) is 26.7. The van der Waals surface area contributed by atoms with Gasteiger partial charge in [-0.25, -0.2) is 0 Å². The monoisotopic (exact) mass is 616 g/mol. The molecule has 0 spiro atoms. The number of aliphatic hydroxyl groups excluding tert-OH is 1. The fourth-order valence-corrected chi connectivity index (χ4v) is 12.2. The molecule has 1 unspecified atom stereocenters. The number of aliphatic hydroxyl groups is 1. The quantitative estimate of drug-likeness (QED) is 0.324. The van der Waals surface area contributed by atoms with E-state index in [2.05, 4.69) is 95.3 Å². The van der Waals surface area contributed by atoms with Gasteiger partial charge in [0.1, 0.15) is 6.10 Å². The van der Waals surface area contributed by atoms with Crippen LogP contribution < -0.4 is 10.4 Å². The van der Waals surface area contributed by atoms with Crippen LogP contribution in [0.4, 0.5) is 0 Å². The van der Waals surface area contributed by atoms with E-state index >= 15 is 0 Å². The highest BCUT2D eigenvalue weighted by atomic mass is 28.4. The lowest BCUT2D eigenvalue weighted by atomic mass is 9.79. The zero-order valence-corrected chi connectivity index (χ0v) is 27.7. The van der Waals surface area contributed by atoms with Crippen LogP contribution in [-0.2, 0) is 23.4 Å². The summed E-state index contributed by atoms with van der Waals surface area (Å²) in [5.41, 5.74) is 0.421. The van der Waals surface area contributed by atoms with Crippen molar-refractivity contribution in [1.29, 1.82) is 0 Å². The average Bonchev–Trinajstić information content (AvgIpc) is 3.01. The van der Waals surface area contributed by atoms with Crippen LogP contribution >= 0.6 is 0 Å². The highest BCUT2D eigenvalue weighted by Crippen LogP contribution is 2.45. The summed E-state index contributed by atoms with van der Waals surface area (Å²) in [6.45, 7) is 12.2. The van der Waals surface area contributed by atoms with Crippen LogP contribution in [0, 0.1) is 5.92 Å². The van der Waals surface area contributed by atoms with E-state index in [1.165, 1.54) is 10.4 Å². The minimum Gasteiger partial charge on any atom is -0.407 e. The molecular formula is C37H48O6Si. The summed E-state index contributed by atoms with van der Waals surface area (Å²) in [7, 11) is -2.64. The van der Waals surface area contributed by atoms with Gasteiger partial charge in [-0.05, 0) is 34.7 Å². The predicted molar refractivity (Wildman–Crippen MR) is 175 cm³/mol. The van der Waals surface area contributed by atoms with Gasteiger partial charge < -0.3 is 28.5 Å². The molecule has 0 saturated carbocycles. The smallest absolute Gasteiger partial charge is 0.261 e. The number of hydrogen-bond acceptors (Lipinski definition) is 6. The van der Waals surface area contributed by atoms with Gasteiger partial charge in [0.15, 0.2) is 6.29 Å². The Balaban J connectivity index is 1.14. The molecule has 7 heteroatoms. The van der Waals surface area contributed by atoms with Crippen molar-refractivity contribution in [3.05, 3.63) is 96.6 Å². The molecule has 3 aromatic carbocycles. The van der Waals surface area contributed by atoms with E-state index < -0.39 is 26.3 Å². The summed E-state index contributed by atoms with van der Waals surface area (Å²) in [5.74, 6) is 0.180. The van der Waals surface area contributed by atoms with Crippen molar-refractivity contribution >= 4 is 18.7 Å². The van der Waals surface area contributed by atoms with Gasteiger partial charge in [0, 0.05) is 25.0 Å². The Morgan fingerprint density at radius 1 is 0.886 bits per heavy atom. The number of fused-ring (bicyclic) bond motifs is 2. The van der Waals surface area contributed by atoms with Crippen LogP contribution in [0.1, 0.15) is 65.7 Å². The molecule has 3 fully saturated rings. The maximum atomic E-state index is 11.3. The van der Waals surface area contributed by atoms with Crippen molar-refractivity contribution in [2.24, 2.45) is 5.92 Å². The fraction of sp³-hybridized carbons (Fsp3) is 0.514. The minimum atomic E-state index is -2.64. The van der Waals surface area contributed by atoms with E-state index in [0.29, 0.717) is 32.5 Å². The van der Waals surface area contributed by atoms with Gasteiger partial charge in [0.05, 0.1) is 36.6 Å². The number of hydrogen-bond donors (Lipinski definition) is 1. The maximum Gasteiger partial charge on any atom is 0.261 e. The third-order valence-electron chi connectivity index (χ3n) is 9.76. The third kappa shape index (κ3) is 6.21. The summed E-state index contributed by atoms with van der Waals surface area (Å²) in [5, 5.41) is 13.8. The SMILES string of the molecule is CC(CO[Si](c1ccccc1)(c1ccccc1)C(C)(C)C)C[C@@H]1O[C@@H]2C[C@@H]3O[C@H](c4ccccc4)OC[C@H]3O[C@@]2(C)C[C@H]1O. The van der Waals surface area contributed by atoms with Crippen molar-refractivity contribution in [2.45, 2.75) is 101 Å². The second-order valence-electron chi connectivity index (χ2n) is 14.2. The Morgan fingerprint density at radius 2 is 1.48 bits per heavy atom. The summed E-state index contributed by atoms with van der Waals surface area (Å²) in [4.78, 5) is 0. The Bertz CT molecular complexity index is 1310. The van der Waals surface area contributed by atoms with Gasteiger partial charge in [0.2, 0.25) is 0 Å². The molecule has 3 aromatic rings. The van der Waals surface area contributed by atoms with Gasteiger partial charge in [0.25, 0.3) is 8.32 Å². The molecule has 3 heterocycles. The number of rotatable bonds is 8. The van der Waals surface area contributed by atoms with Crippen molar-refractivity contribution in [1.82, 2.24) is 0 Å². The molecule has 0 aromatic heterocycles. The standard InChI is InChI=1S/C37H48O6Si/c1-26(24-40-44(36(2,3)4,28-17-11-7-12-18-28)29-19-13-8-14-20-29)21-31-30(38)23-37(5)34(41-31)22-32-33(43-37)25-39-35(42-32)27-15-9-6-10-16-27/h6-20,26,30-35,38H,21-25H2,1-5H3/t26?,30-,31+,32+,33-,34-,35-,37+/m1/s1. The molecule has 0 bridgehead atoms. The average molecular weight is 617 g/mol. The van der Waals surface area contributed by atoms with Crippen LogP contribution in [0.25, 0.3) is 0 Å². The summed E-state index contributed by atoms with van der Waals surface area (Å²) in [6, 6.07) is 31.5. The van der Waals surface area contributed by atoms with E-state index in [0.717, 1.165) is 5.56 Å². The molecule has 3 aliphatic rings. The van der Waals surface area contributed by atoms with Gasteiger partial charge in [-0.1, -0.05) is 119 Å². The van der Waals surface area contributed by atoms with Gasteiger partial charge >= 0.3 is 0 Å². The van der Waals surface area contributed by atoms with Crippen molar-refractivity contribution in [2.75, 3.05) is 13.2 Å². The molecule has 0 amide bonds. The minimum absolute atomic E-state index is 0.0879. The molecule has 3 aliphatic heterocycles. The third-order valence-corrected chi connectivity index (χ3v) is 14.8. The van der Waals surface area contributed by atoms with Gasteiger partial charge in [-0.3, -0.25) is 0 Å². The molecule has 3 saturated heterocycles. The first kappa shape index (κ1) is 31.6. The Labute approximate surface area is 263 Å². The Morgan fingerprint density at radius 3 is 2.07 bits per heavy atom. The lowest BCUT2D eigenvalue weighted by Gasteiger charge is -2.54. The van der Waals surface area contributed by atoms with E-state index in [1.807, 2.05) is 30.3 Å². The Kier molecular flexibility index (Phi) is 9.19. The first-order chi connectivity index (χ1) is 21.1. The van der Waals surface area contributed by atoms with Gasteiger partial charge in [-0.15, -0.1) is 0 Å². The normalized spacial score (nSPS) is 31.5. The van der Waals surface area contributed by atoms with Crippen LogP contribution in [0.2, 0.25) is 5.04 Å². The molecule has 44 heavy (non-hydrogen) atoms. The number of ether oxygens (including phenoxy) is 4. The fourth-order valence-electron chi connectivity index (χ4n) is 7.49. The Hall–Kier alpha value is -2.36. The van der Waals surface area contributed by atoms with Crippen molar-refractivity contribution < 1.29 is 28.5 Å². The summed E-state index contributed by atoms with van der Waals surface area (Å²) >= 11 is 0. The van der Waals surface area contributed by atoms with Crippen LogP contribution in [0.5, 0.6) is 0 Å². The van der Waals surface area contributed by atoms with Gasteiger partial charge in [-0.2, -0.15) is 0 Å². The van der Waals surface area contributed by atoms with E-state index in [1.54, 1.807) is 0 Å². The molecule has 0 aliphatic carbocycles. The zero-order chi connectivity index (χ0) is 31.0. The molecule has 0 radical (unpaired) electrons. The van der Waals surface area contributed by atoms with E-state index in [4.69, 9.17) is 23.4 Å². The highest BCUT2D eigenvalue weighted by Gasteiger charge is 2.55. The lowest BCUT2D eigenvalue weighted by Crippen LogP contribution is -2.67. The largest absolute Gasteiger partial charge is 0.407 e. The van der Waals surface area contributed by atoms with Crippen LogP contribution in [0.15, 0.2) is 91.0 Å². The molecule has 236 valence electrons. The summed E-state index contributed by atoms with van der Waals surface area (Å²) < 4.78 is 32.9. The molecule has 8 atom stereocenters. The topological polar surface area (TPSA) is 66.4 Å². The van der Waals surface area contributed by atoms with Crippen LogP contribution in [-0.4, -0.2) is 62.8 Å². The van der Waals surface area contributed by atoms with Crippen molar-refractivity contribution in [3.63, 3.8) is 0 Å². The first-order valence-corrected chi connectivity index (χ1v) is 18.1. The van der Waals surface area contributed by atoms with E-state index in [-0.39, 0.29) is 35.4 Å². The van der Waals surface area contributed by atoms with Crippen molar-refractivity contribution in [3.8, 4) is 0 Å².